The van der Waals surface area contributed by atoms with Gasteiger partial charge in [-0.1, -0.05) is 48.2 Å². The van der Waals surface area contributed by atoms with Crippen molar-refractivity contribution in [2.24, 2.45) is 0 Å². The molecule has 1 amide bonds. The quantitative estimate of drug-likeness (QED) is 0.480. The number of hydrogen-bond acceptors (Lipinski definition) is 6. The smallest absolute Gasteiger partial charge is 0.233 e. The van der Waals surface area contributed by atoms with Crippen LogP contribution in [0.1, 0.15) is 5.69 Å². The van der Waals surface area contributed by atoms with Crippen LogP contribution in [0.15, 0.2) is 66.0 Å². The van der Waals surface area contributed by atoms with E-state index in [0.29, 0.717) is 24.0 Å². The zero-order valence-corrected chi connectivity index (χ0v) is 17.2. The third-order valence-electron chi connectivity index (χ3n) is 4.83. The minimum atomic E-state index is 0.127. The highest BCUT2D eigenvalue weighted by molar-refractivity contribution is 7.99. The zero-order chi connectivity index (χ0) is 20.1. The maximum Gasteiger partial charge on any atom is 0.233 e. The highest BCUT2D eigenvalue weighted by Crippen LogP contribution is 2.22. The van der Waals surface area contributed by atoms with Gasteiger partial charge in [0, 0.05) is 43.6 Å². The van der Waals surface area contributed by atoms with E-state index in [9.17, 15) is 4.79 Å². The maximum absolute atomic E-state index is 12.7. The molecule has 29 heavy (non-hydrogen) atoms. The van der Waals surface area contributed by atoms with Gasteiger partial charge in [0.2, 0.25) is 5.91 Å². The summed E-state index contributed by atoms with van der Waals surface area (Å²) in [4.78, 5) is 30.3. The average Bonchev–Trinajstić information content (AvgIpc) is 2.78. The molecule has 3 aromatic rings. The summed E-state index contributed by atoms with van der Waals surface area (Å²) < 4.78 is 0. The number of amides is 1. The molecule has 0 radical (unpaired) electrons. The second-order valence-corrected chi connectivity index (χ2v) is 7.83. The van der Waals surface area contributed by atoms with Crippen molar-refractivity contribution in [3.05, 3.63) is 66.5 Å². The number of nitrogens with zero attached hydrogens (tertiary/aromatic N) is 5. The van der Waals surface area contributed by atoms with Crippen LogP contribution in [0.3, 0.4) is 0 Å². The maximum atomic E-state index is 12.7. The first-order valence-electron chi connectivity index (χ1n) is 9.67. The molecule has 0 atom stereocenters. The first kappa shape index (κ1) is 19.4. The Hall–Kier alpha value is -2.93. The van der Waals surface area contributed by atoms with Gasteiger partial charge in [-0.2, -0.15) is 0 Å². The summed E-state index contributed by atoms with van der Waals surface area (Å²) in [5.74, 6) is 1.44. The molecule has 3 heterocycles. The van der Waals surface area contributed by atoms with Crippen molar-refractivity contribution in [2.75, 3.05) is 36.8 Å². The SMILES string of the molecule is Cc1cc(-c2ccccc2)nc(SCC(=O)N2CCN(c3ccccn3)CC2)n1. The van der Waals surface area contributed by atoms with Crippen molar-refractivity contribution in [3.8, 4) is 11.3 Å². The number of hydrogen-bond donors (Lipinski definition) is 0. The number of thioether (sulfide) groups is 1. The number of benzene rings is 1. The number of piperazine rings is 1. The summed E-state index contributed by atoms with van der Waals surface area (Å²) in [5.41, 5.74) is 2.84. The minimum Gasteiger partial charge on any atom is -0.353 e. The zero-order valence-electron chi connectivity index (χ0n) is 16.4. The molecule has 1 aliphatic rings. The number of rotatable bonds is 5. The van der Waals surface area contributed by atoms with E-state index in [0.717, 1.165) is 35.9 Å². The Bertz CT molecular complexity index is 959. The fourth-order valence-electron chi connectivity index (χ4n) is 3.31. The molecule has 7 heteroatoms. The van der Waals surface area contributed by atoms with Gasteiger partial charge < -0.3 is 9.80 Å². The predicted molar refractivity (Wildman–Crippen MR) is 116 cm³/mol. The first-order chi connectivity index (χ1) is 14.2. The number of pyridine rings is 1. The summed E-state index contributed by atoms with van der Waals surface area (Å²) in [6.07, 6.45) is 1.80. The number of anilines is 1. The molecule has 148 valence electrons. The van der Waals surface area contributed by atoms with Crippen molar-refractivity contribution in [3.63, 3.8) is 0 Å². The summed E-state index contributed by atoms with van der Waals surface area (Å²) in [6, 6.07) is 17.9. The van der Waals surface area contributed by atoms with Crippen LogP contribution in [-0.2, 0) is 4.79 Å². The van der Waals surface area contributed by atoms with Crippen LogP contribution < -0.4 is 4.90 Å². The van der Waals surface area contributed by atoms with Crippen molar-refractivity contribution >= 4 is 23.5 Å². The molecule has 1 aromatic carbocycles. The molecule has 0 spiro atoms. The Morgan fingerprint density at radius 3 is 2.48 bits per heavy atom. The molecular formula is C22H23N5OS. The molecule has 6 nitrogen and oxygen atoms in total. The Balaban J connectivity index is 1.34. The van der Waals surface area contributed by atoms with Crippen molar-refractivity contribution in [1.82, 2.24) is 19.9 Å². The van der Waals surface area contributed by atoms with E-state index in [-0.39, 0.29) is 5.91 Å². The van der Waals surface area contributed by atoms with Crippen LogP contribution in [0.25, 0.3) is 11.3 Å². The van der Waals surface area contributed by atoms with Crippen LogP contribution in [-0.4, -0.2) is 57.7 Å². The Morgan fingerprint density at radius 1 is 1.00 bits per heavy atom. The summed E-state index contributed by atoms with van der Waals surface area (Å²) in [6.45, 7) is 4.97. The standard InChI is InChI=1S/C22H23N5OS/c1-17-15-19(18-7-3-2-4-8-18)25-22(24-17)29-16-21(28)27-13-11-26(12-14-27)20-9-5-6-10-23-20/h2-10,15H,11-14,16H2,1H3. The molecule has 0 unspecified atom stereocenters. The van der Waals surface area contributed by atoms with Gasteiger partial charge in [0.25, 0.3) is 0 Å². The number of carbonyl (C=O) groups excluding carboxylic acids is 1. The minimum absolute atomic E-state index is 0.127. The van der Waals surface area contributed by atoms with Gasteiger partial charge >= 0.3 is 0 Å². The summed E-state index contributed by atoms with van der Waals surface area (Å²) >= 11 is 1.40. The average molecular weight is 406 g/mol. The van der Waals surface area contributed by atoms with E-state index in [4.69, 9.17) is 0 Å². The number of carbonyl (C=O) groups is 1. The lowest BCUT2D eigenvalue weighted by Gasteiger charge is -2.35. The fraction of sp³-hybridized carbons (Fsp3) is 0.273. The lowest BCUT2D eigenvalue weighted by molar-refractivity contribution is -0.128. The molecule has 0 bridgehead atoms. The monoisotopic (exact) mass is 405 g/mol. The molecular weight excluding hydrogens is 382 g/mol. The van der Waals surface area contributed by atoms with E-state index in [1.54, 1.807) is 6.20 Å². The van der Waals surface area contributed by atoms with Gasteiger partial charge in [-0.05, 0) is 25.1 Å². The normalized spacial score (nSPS) is 14.1. The second-order valence-electron chi connectivity index (χ2n) is 6.89. The Labute approximate surface area is 175 Å². The molecule has 1 aliphatic heterocycles. The topological polar surface area (TPSA) is 62.2 Å². The molecule has 2 aromatic heterocycles. The van der Waals surface area contributed by atoms with Crippen LogP contribution >= 0.6 is 11.8 Å². The van der Waals surface area contributed by atoms with Gasteiger partial charge in [-0.15, -0.1) is 0 Å². The lowest BCUT2D eigenvalue weighted by Crippen LogP contribution is -2.49. The first-order valence-corrected chi connectivity index (χ1v) is 10.7. The largest absolute Gasteiger partial charge is 0.353 e. The van der Waals surface area contributed by atoms with Gasteiger partial charge in [0.05, 0.1) is 11.4 Å². The molecule has 1 saturated heterocycles. The van der Waals surface area contributed by atoms with E-state index >= 15 is 0 Å². The Morgan fingerprint density at radius 2 is 1.76 bits per heavy atom. The third kappa shape index (κ3) is 4.92. The molecule has 0 aliphatic carbocycles. The van der Waals surface area contributed by atoms with E-state index in [2.05, 4.69) is 19.9 Å². The highest BCUT2D eigenvalue weighted by Gasteiger charge is 2.22. The van der Waals surface area contributed by atoms with E-state index in [1.165, 1.54) is 11.8 Å². The van der Waals surface area contributed by atoms with Crippen molar-refractivity contribution in [2.45, 2.75) is 12.1 Å². The molecule has 0 saturated carbocycles. The fourth-order valence-corrected chi connectivity index (χ4v) is 4.11. The van der Waals surface area contributed by atoms with Gasteiger partial charge in [-0.25, -0.2) is 15.0 Å². The Kier molecular flexibility index (Phi) is 6.05. The predicted octanol–water partition coefficient (Wildman–Crippen LogP) is 3.29. The molecule has 0 N–H and O–H groups in total. The third-order valence-corrected chi connectivity index (χ3v) is 5.67. The lowest BCUT2D eigenvalue weighted by atomic mass is 10.1. The van der Waals surface area contributed by atoms with Crippen LogP contribution in [0.5, 0.6) is 0 Å². The van der Waals surface area contributed by atoms with Gasteiger partial charge in [0.1, 0.15) is 5.82 Å². The summed E-state index contributed by atoms with van der Waals surface area (Å²) in [5, 5.41) is 0.643. The van der Waals surface area contributed by atoms with Crippen LogP contribution in [0, 0.1) is 6.92 Å². The number of aromatic nitrogens is 3. The van der Waals surface area contributed by atoms with E-state index in [1.807, 2.05) is 66.4 Å². The van der Waals surface area contributed by atoms with Gasteiger partial charge in [-0.3, -0.25) is 4.79 Å². The second kappa shape index (κ2) is 9.05. The van der Waals surface area contributed by atoms with Crippen molar-refractivity contribution in [1.29, 1.82) is 0 Å². The highest BCUT2D eigenvalue weighted by atomic mass is 32.2. The molecule has 1 fully saturated rings. The molecule has 4 rings (SSSR count). The van der Waals surface area contributed by atoms with E-state index < -0.39 is 0 Å². The van der Waals surface area contributed by atoms with Crippen molar-refractivity contribution < 1.29 is 4.79 Å². The summed E-state index contributed by atoms with van der Waals surface area (Å²) in [7, 11) is 0. The van der Waals surface area contributed by atoms with Crippen LogP contribution in [0.2, 0.25) is 0 Å². The van der Waals surface area contributed by atoms with Crippen LogP contribution in [0.4, 0.5) is 5.82 Å². The van der Waals surface area contributed by atoms with Gasteiger partial charge in [0.15, 0.2) is 5.16 Å². The number of aryl methyl sites for hydroxylation is 1.